The SMILES string of the molecule is CC(C)N1CC(F)(F)CC1CN(C)CC(=O)O. The van der Waals surface area contributed by atoms with Crippen molar-refractivity contribution in [3.63, 3.8) is 0 Å². The third-order valence-corrected chi connectivity index (χ3v) is 3.01. The molecule has 6 heteroatoms. The lowest BCUT2D eigenvalue weighted by Gasteiger charge is -2.30. The molecule has 1 fully saturated rings. The third kappa shape index (κ3) is 4.20. The number of rotatable bonds is 5. The third-order valence-electron chi connectivity index (χ3n) is 3.01. The molecule has 0 aromatic rings. The van der Waals surface area contributed by atoms with Gasteiger partial charge in [-0.05, 0) is 20.9 Å². The van der Waals surface area contributed by atoms with Gasteiger partial charge in [-0.2, -0.15) is 0 Å². The van der Waals surface area contributed by atoms with Gasteiger partial charge in [-0.25, -0.2) is 8.78 Å². The lowest BCUT2D eigenvalue weighted by Crippen LogP contribution is -2.43. The zero-order valence-electron chi connectivity index (χ0n) is 10.5. The molecule has 17 heavy (non-hydrogen) atoms. The van der Waals surface area contributed by atoms with E-state index in [1.54, 1.807) is 16.8 Å². The average molecular weight is 250 g/mol. The van der Waals surface area contributed by atoms with Crippen molar-refractivity contribution in [1.82, 2.24) is 9.80 Å². The van der Waals surface area contributed by atoms with E-state index in [9.17, 15) is 13.6 Å². The number of hydrogen-bond donors (Lipinski definition) is 1. The average Bonchev–Trinajstić information content (AvgIpc) is 2.39. The van der Waals surface area contributed by atoms with Gasteiger partial charge in [-0.1, -0.05) is 0 Å². The number of alkyl halides is 2. The van der Waals surface area contributed by atoms with E-state index in [4.69, 9.17) is 5.11 Å². The second-order valence-corrected chi connectivity index (χ2v) is 5.07. The van der Waals surface area contributed by atoms with Crippen molar-refractivity contribution in [2.45, 2.75) is 38.3 Å². The summed E-state index contributed by atoms with van der Waals surface area (Å²) < 4.78 is 26.7. The fourth-order valence-corrected chi connectivity index (χ4v) is 2.35. The van der Waals surface area contributed by atoms with Crippen LogP contribution in [0.4, 0.5) is 8.78 Å². The Bertz CT molecular complexity index is 285. The number of carboxylic acid groups (broad SMARTS) is 1. The molecule has 0 amide bonds. The van der Waals surface area contributed by atoms with E-state index in [0.29, 0.717) is 6.54 Å². The Hall–Kier alpha value is -0.750. The molecule has 1 aliphatic heterocycles. The molecule has 0 aromatic carbocycles. The predicted molar refractivity (Wildman–Crippen MR) is 60.3 cm³/mol. The molecular weight excluding hydrogens is 230 g/mol. The minimum atomic E-state index is -2.65. The molecule has 0 saturated carbocycles. The number of halogens is 2. The van der Waals surface area contributed by atoms with Crippen molar-refractivity contribution in [1.29, 1.82) is 0 Å². The van der Waals surface area contributed by atoms with E-state index >= 15 is 0 Å². The number of likely N-dealkylation sites (tertiary alicyclic amines) is 1. The Morgan fingerprint density at radius 1 is 1.59 bits per heavy atom. The summed E-state index contributed by atoms with van der Waals surface area (Å²) in [6.07, 6.45) is -0.185. The molecule has 0 aromatic heterocycles. The van der Waals surface area contributed by atoms with Crippen LogP contribution in [0.3, 0.4) is 0 Å². The summed E-state index contributed by atoms with van der Waals surface area (Å²) in [4.78, 5) is 13.8. The lowest BCUT2D eigenvalue weighted by molar-refractivity contribution is -0.138. The molecule has 1 aliphatic rings. The number of nitrogens with zero attached hydrogens (tertiary/aromatic N) is 2. The van der Waals surface area contributed by atoms with Gasteiger partial charge in [0.15, 0.2) is 0 Å². The molecule has 1 saturated heterocycles. The quantitative estimate of drug-likeness (QED) is 0.794. The van der Waals surface area contributed by atoms with Gasteiger partial charge in [-0.3, -0.25) is 14.6 Å². The van der Waals surface area contributed by atoms with Crippen LogP contribution in [0.1, 0.15) is 20.3 Å². The Balaban J connectivity index is 2.59. The van der Waals surface area contributed by atoms with Crippen LogP contribution in [-0.4, -0.2) is 65.6 Å². The lowest BCUT2D eigenvalue weighted by atomic mass is 10.1. The molecular formula is C11H20F2N2O2. The first-order valence-electron chi connectivity index (χ1n) is 5.75. The Morgan fingerprint density at radius 2 is 2.18 bits per heavy atom. The highest BCUT2D eigenvalue weighted by Gasteiger charge is 2.45. The number of hydrogen-bond acceptors (Lipinski definition) is 3. The van der Waals surface area contributed by atoms with Gasteiger partial charge in [-0.15, -0.1) is 0 Å². The van der Waals surface area contributed by atoms with E-state index in [2.05, 4.69) is 0 Å². The zero-order valence-corrected chi connectivity index (χ0v) is 10.5. The van der Waals surface area contributed by atoms with Crippen LogP contribution in [0.15, 0.2) is 0 Å². The van der Waals surface area contributed by atoms with Crippen molar-refractivity contribution in [2.75, 3.05) is 26.7 Å². The van der Waals surface area contributed by atoms with Gasteiger partial charge in [0, 0.05) is 25.0 Å². The van der Waals surface area contributed by atoms with Crippen LogP contribution in [0.25, 0.3) is 0 Å². The fraction of sp³-hybridized carbons (Fsp3) is 0.909. The van der Waals surface area contributed by atoms with E-state index in [1.165, 1.54) is 0 Å². The minimum absolute atomic E-state index is 0.0478. The van der Waals surface area contributed by atoms with Gasteiger partial charge in [0.2, 0.25) is 0 Å². The fourth-order valence-electron chi connectivity index (χ4n) is 2.35. The first-order valence-corrected chi connectivity index (χ1v) is 5.75. The summed E-state index contributed by atoms with van der Waals surface area (Å²) >= 11 is 0. The van der Waals surface area contributed by atoms with E-state index in [0.717, 1.165) is 0 Å². The molecule has 0 bridgehead atoms. The van der Waals surface area contributed by atoms with E-state index < -0.39 is 11.9 Å². The Morgan fingerprint density at radius 3 is 2.65 bits per heavy atom. The second kappa shape index (κ2) is 5.27. The van der Waals surface area contributed by atoms with Gasteiger partial charge in [0.05, 0.1) is 13.1 Å². The minimum Gasteiger partial charge on any atom is -0.480 e. The maximum absolute atomic E-state index is 13.3. The summed E-state index contributed by atoms with van der Waals surface area (Å²) in [6, 6.07) is -0.221. The van der Waals surface area contributed by atoms with Crippen molar-refractivity contribution >= 4 is 5.97 Å². The molecule has 100 valence electrons. The number of carbonyl (C=O) groups is 1. The first kappa shape index (κ1) is 14.3. The smallest absolute Gasteiger partial charge is 0.317 e. The van der Waals surface area contributed by atoms with Crippen LogP contribution in [0.2, 0.25) is 0 Å². The number of carboxylic acids is 1. The number of likely N-dealkylation sites (N-methyl/N-ethyl adjacent to an activating group) is 1. The molecule has 0 spiro atoms. The summed E-state index contributed by atoms with van der Waals surface area (Å²) in [5.41, 5.74) is 0. The van der Waals surface area contributed by atoms with Crippen molar-refractivity contribution in [3.8, 4) is 0 Å². The molecule has 0 radical (unpaired) electrons. The van der Waals surface area contributed by atoms with Crippen LogP contribution >= 0.6 is 0 Å². The van der Waals surface area contributed by atoms with Gasteiger partial charge in [0.1, 0.15) is 0 Å². The Labute approximate surface area is 100 Å². The highest BCUT2D eigenvalue weighted by molar-refractivity contribution is 5.69. The molecule has 1 atom stereocenters. The summed E-state index contributed by atoms with van der Waals surface area (Å²) in [6.45, 7) is 3.78. The standard InChI is InChI=1S/C11H20F2N2O2/c1-8(2)15-7-11(12,13)4-9(15)5-14(3)6-10(16)17/h8-9H,4-7H2,1-3H3,(H,16,17). The topological polar surface area (TPSA) is 43.8 Å². The van der Waals surface area contributed by atoms with Crippen LogP contribution < -0.4 is 0 Å². The summed E-state index contributed by atoms with van der Waals surface area (Å²) in [5.74, 6) is -3.59. The van der Waals surface area contributed by atoms with Gasteiger partial charge in [0.25, 0.3) is 5.92 Å². The molecule has 1 unspecified atom stereocenters. The van der Waals surface area contributed by atoms with Crippen molar-refractivity contribution in [3.05, 3.63) is 0 Å². The predicted octanol–water partition coefficient (Wildman–Crippen LogP) is 1.12. The molecule has 4 nitrogen and oxygen atoms in total. The van der Waals surface area contributed by atoms with Crippen LogP contribution in [-0.2, 0) is 4.79 Å². The molecule has 1 rings (SSSR count). The highest BCUT2D eigenvalue weighted by atomic mass is 19.3. The zero-order chi connectivity index (χ0) is 13.2. The first-order chi connectivity index (χ1) is 7.71. The second-order valence-electron chi connectivity index (χ2n) is 5.07. The van der Waals surface area contributed by atoms with Crippen molar-refractivity contribution in [2.24, 2.45) is 0 Å². The largest absolute Gasteiger partial charge is 0.480 e. The molecule has 1 heterocycles. The van der Waals surface area contributed by atoms with E-state index in [-0.39, 0.29) is 31.6 Å². The highest BCUT2D eigenvalue weighted by Crippen LogP contribution is 2.33. The molecule has 0 aliphatic carbocycles. The van der Waals surface area contributed by atoms with Crippen LogP contribution in [0.5, 0.6) is 0 Å². The van der Waals surface area contributed by atoms with Gasteiger partial charge < -0.3 is 5.11 Å². The summed E-state index contributed by atoms with van der Waals surface area (Å²) in [7, 11) is 1.64. The number of aliphatic carboxylic acids is 1. The van der Waals surface area contributed by atoms with Gasteiger partial charge >= 0.3 is 5.97 Å². The monoisotopic (exact) mass is 250 g/mol. The normalized spacial score (nSPS) is 24.8. The van der Waals surface area contributed by atoms with Crippen molar-refractivity contribution < 1.29 is 18.7 Å². The summed E-state index contributed by atoms with van der Waals surface area (Å²) in [5, 5.41) is 8.63. The van der Waals surface area contributed by atoms with E-state index in [1.807, 2.05) is 13.8 Å². The maximum atomic E-state index is 13.3. The van der Waals surface area contributed by atoms with Crippen LogP contribution in [0, 0.1) is 0 Å². The Kier molecular flexibility index (Phi) is 4.43. The maximum Gasteiger partial charge on any atom is 0.317 e. The molecule has 1 N–H and O–H groups in total.